The minimum absolute atomic E-state index is 0.385. The number of nitriles is 1. The molecule has 0 saturated heterocycles. The van der Waals surface area contributed by atoms with E-state index in [0.29, 0.717) is 11.3 Å². The van der Waals surface area contributed by atoms with Crippen LogP contribution < -0.4 is 0 Å². The number of benzene rings is 8. The monoisotopic (exact) mass is 606 g/mol. The highest BCUT2D eigenvalue weighted by molar-refractivity contribution is 6.24. The highest BCUT2D eigenvalue weighted by atomic mass is 19.1. The summed E-state index contributed by atoms with van der Waals surface area (Å²) in [7, 11) is 0. The molecule has 0 spiro atoms. The smallest absolute Gasteiger partial charge is 0.128 e. The van der Waals surface area contributed by atoms with Gasteiger partial charge in [-0.3, -0.25) is 0 Å². The Bertz CT molecular complexity index is 2700. The Kier molecular flexibility index (Phi) is 5.97. The van der Waals surface area contributed by atoms with Crippen LogP contribution in [0.3, 0.4) is 0 Å². The fourth-order valence-corrected chi connectivity index (χ4v) is 7.37. The molecule has 1 aromatic heterocycles. The summed E-state index contributed by atoms with van der Waals surface area (Å²) in [5, 5.41) is 18.5. The number of hydrogen-bond donors (Lipinski definition) is 0. The van der Waals surface area contributed by atoms with E-state index >= 15 is 0 Å². The molecule has 9 aromatic rings. The van der Waals surface area contributed by atoms with Crippen LogP contribution in [0.25, 0.3) is 82.1 Å². The van der Waals surface area contributed by atoms with Gasteiger partial charge >= 0.3 is 0 Å². The lowest BCUT2D eigenvalue weighted by atomic mass is 9.84. The number of fused-ring (bicyclic) bond motifs is 6. The van der Waals surface area contributed by atoms with Gasteiger partial charge in [0, 0.05) is 16.8 Å². The van der Waals surface area contributed by atoms with Gasteiger partial charge in [0.15, 0.2) is 0 Å². The minimum Gasteiger partial charge on any atom is -0.309 e. The average Bonchev–Trinajstić information content (AvgIpc) is 3.43. The van der Waals surface area contributed by atoms with Gasteiger partial charge in [-0.2, -0.15) is 5.26 Å². The third-order valence-electron chi connectivity index (χ3n) is 9.28. The third kappa shape index (κ3) is 4.14. The van der Waals surface area contributed by atoms with Gasteiger partial charge in [-0.1, -0.05) is 97.1 Å². The van der Waals surface area contributed by atoms with E-state index in [1.54, 1.807) is 6.07 Å². The van der Waals surface area contributed by atoms with E-state index in [2.05, 4.69) is 109 Å². The lowest BCUT2D eigenvalue weighted by Gasteiger charge is -2.19. The first-order chi connectivity index (χ1) is 23.1. The normalized spacial score (nSPS) is 11.6. The molecule has 2 nitrogen and oxygen atoms in total. The predicted octanol–water partition coefficient (Wildman–Crippen LogP) is 11.7. The molecule has 4 heteroatoms. The standard InChI is InChI=1S/C43H24F2N2/c44-29-22-30(45)24-31(23-29)47-40-18-16-26(25-46)20-38(40)39-21-28(17-19-41(39)47)42-34-11-3-5-13-36(34)43(37-14-6-4-12-35(37)42)33-15-7-9-27-8-1-2-10-32(27)33/h1-24H. The van der Waals surface area contributed by atoms with Crippen LogP contribution in [0.1, 0.15) is 5.56 Å². The van der Waals surface area contributed by atoms with Crippen LogP contribution in [-0.2, 0) is 0 Å². The molecule has 0 radical (unpaired) electrons. The molecular weight excluding hydrogens is 582 g/mol. The van der Waals surface area contributed by atoms with E-state index in [1.165, 1.54) is 34.0 Å². The zero-order valence-corrected chi connectivity index (χ0v) is 25.0. The zero-order valence-electron chi connectivity index (χ0n) is 25.0. The molecule has 0 aliphatic rings. The van der Waals surface area contributed by atoms with Gasteiger partial charge in [-0.05, 0) is 97.0 Å². The van der Waals surface area contributed by atoms with E-state index in [-0.39, 0.29) is 0 Å². The maximum absolute atomic E-state index is 14.5. The molecule has 220 valence electrons. The molecule has 0 atom stereocenters. The predicted molar refractivity (Wildman–Crippen MR) is 189 cm³/mol. The van der Waals surface area contributed by atoms with Gasteiger partial charge < -0.3 is 4.57 Å². The molecule has 0 fully saturated rings. The van der Waals surface area contributed by atoms with Gasteiger partial charge in [0.2, 0.25) is 0 Å². The summed E-state index contributed by atoms with van der Waals surface area (Å²) in [6.07, 6.45) is 0. The molecule has 1 heterocycles. The summed E-state index contributed by atoms with van der Waals surface area (Å²) in [5.74, 6) is -1.30. The van der Waals surface area contributed by atoms with Crippen molar-refractivity contribution in [2.24, 2.45) is 0 Å². The molecule has 0 unspecified atom stereocenters. The number of rotatable bonds is 3. The maximum Gasteiger partial charge on any atom is 0.128 e. The van der Waals surface area contributed by atoms with Crippen molar-refractivity contribution in [3.63, 3.8) is 0 Å². The van der Waals surface area contributed by atoms with Crippen molar-refractivity contribution in [3.05, 3.63) is 163 Å². The van der Waals surface area contributed by atoms with Crippen LogP contribution >= 0.6 is 0 Å². The Morgan fingerprint density at radius 3 is 1.68 bits per heavy atom. The Hall–Kier alpha value is -6.31. The second-order valence-corrected chi connectivity index (χ2v) is 11.9. The number of nitrogens with zero attached hydrogens (tertiary/aromatic N) is 2. The first kappa shape index (κ1) is 27.0. The summed E-state index contributed by atoms with van der Waals surface area (Å²) >= 11 is 0. The van der Waals surface area contributed by atoms with Crippen molar-refractivity contribution < 1.29 is 8.78 Å². The van der Waals surface area contributed by atoms with Crippen LogP contribution in [0.5, 0.6) is 0 Å². The second-order valence-electron chi connectivity index (χ2n) is 11.9. The first-order valence-corrected chi connectivity index (χ1v) is 15.5. The molecule has 0 aliphatic heterocycles. The summed E-state index contributed by atoms with van der Waals surface area (Å²) in [6.45, 7) is 0. The van der Waals surface area contributed by atoms with Gasteiger partial charge in [0.05, 0.1) is 28.4 Å². The van der Waals surface area contributed by atoms with E-state index < -0.39 is 11.6 Å². The number of aromatic nitrogens is 1. The maximum atomic E-state index is 14.5. The molecule has 0 saturated carbocycles. The lowest BCUT2D eigenvalue weighted by molar-refractivity contribution is 0.582. The van der Waals surface area contributed by atoms with Gasteiger partial charge in [0.25, 0.3) is 0 Å². The first-order valence-electron chi connectivity index (χ1n) is 15.5. The fourth-order valence-electron chi connectivity index (χ4n) is 7.37. The summed E-state index contributed by atoms with van der Waals surface area (Å²) in [6, 6.07) is 49.6. The molecule has 0 aliphatic carbocycles. The highest BCUT2D eigenvalue weighted by Gasteiger charge is 2.20. The van der Waals surface area contributed by atoms with Crippen LogP contribution in [0.4, 0.5) is 8.78 Å². The molecule has 0 amide bonds. The van der Waals surface area contributed by atoms with Crippen LogP contribution in [0, 0.1) is 23.0 Å². The van der Waals surface area contributed by atoms with Crippen molar-refractivity contribution in [1.82, 2.24) is 4.57 Å². The lowest BCUT2D eigenvalue weighted by Crippen LogP contribution is -1.96. The second kappa shape index (κ2) is 10.4. The van der Waals surface area contributed by atoms with Gasteiger partial charge in [-0.15, -0.1) is 0 Å². The van der Waals surface area contributed by atoms with Crippen molar-refractivity contribution in [1.29, 1.82) is 5.26 Å². The van der Waals surface area contributed by atoms with E-state index in [1.807, 2.05) is 22.8 Å². The molecular formula is C43H24F2N2. The number of halogens is 2. The van der Waals surface area contributed by atoms with E-state index in [9.17, 15) is 14.0 Å². The van der Waals surface area contributed by atoms with Gasteiger partial charge in [0.1, 0.15) is 11.6 Å². The molecule has 0 bridgehead atoms. The molecule has 8 aromatic carbocycles. The van der Waals surface area contributed by atoms with E-state index in [4.69, 9.17) is 0 Å². The minimum atomic E-state index is -0.649. The average molecular weight is 607 g/mol. The molecule has 0 N–H and O–H groups in total. The van der Waals surface area contributed by atoms with Crippen LogP contribution in [-0.4, -0.2) is 4.57 Å². The summed E-state index contributed by atoms with van der Waals surface area (Å²) < 4.78 is 30.8. The Balaban J connectivity index is 1.39. The quantitative estimate of drug-likeness (QED) is 0.184. The molecule has 9 rings (SSSR count). The Morgan fingerprint density at radius 1 is 0.468 bits per heavy atom. The van der Waals surface area contributed by atoms with Crippen molar-refractivity contribution in [3.8, 4) is 34.0 Å². The Labute approximate surface area is 269 Å². The zero-order chi connectivity index (χ0) is 31.6. The Morgan fingerprint density at radius 2 is 1.02 bits per heavy atom. The largest absolute Gasteiger partial charge is 0.309 e. The van der Waals surface area contributed by atoms with Crippen molar-refractivity contribution >= 4 is 54.1 Å². The van der Waals surface area contributed by atoms with E-state index in [0.717, 1.165) is 60.5 Å². The van der Waals surface area contributed by atoms with Crippen molar-refractivity contribution in [2.45, 2.75) is 0 Å². The highest BCUT2D eigenvalue weighted by Crippen LogP contribution is 2.46. The number of hydrogen-bond acceptors (Lipinski definition) is 1. The topological polar surface area (TPSA) is 28.7 Å². The third-order valence-corrected chi connectivity index (χ3v) is 9.28. The SMILES string of the molecule is N#Cc1ccc2c(c1)c1cc(-c3c4ccccc4c(-c4cccc5ccccc45)c4ccccc34)ccc1n2-c1cc(F)cc(F)c1. The van der Waals surface area contributed by atoms with Crippen LogP contribution in [0.15, 0.2) is 146 Å². The van der Waals surface area contributed by atoms with Crippen LogP contribution in [0.2, 0.25) is 0 Å². The summed E-state index contributed by atoms with van der Waals surface area (Å²) in [4.78, 5) is 0. The van der Waals surface area contributed by atoms with Crippen molar-refractivity contribution in [2.75, 3.05) is 0 Å². The fraction of sp³-hybridized carbons (Fsp3) is 0. The summed E-state index contributed by atoms with van der Waals surface area (Å²) in [5.41, 5.74) is 6.97. The molecule has 47 heavy (non-hydrogen) atoms. The van der Waals surface area contributed by atoms with Gasteiger partial charge in [-0.25, -0.2) is 8.78 Å².